The summed E-state index contributed by atoms with van der Waals surface area (Å²) in [4.78, 5) is 23.2. The number of anilines is 5. The summed E-state index contributed by atoms with van der Waals surface area (Å²) in [5.74, 6) is 0. The molecule has 0 amide bonds. The molecular weight excluding hydrogens is 613 g/mol. The molecule has 9 aromatic rings. The molecule has 2 aromatic heterocycles. The van der Waals surface area contributed by atoms with Gasteiger partial charge in [0, 0.05) is 61.5 Å². The van der Waals surface area contributed by atoms with Gasteiger partial charge < -0.3 is 10.2 Å². The number of hydrogen-bond acceptors (Lipinski definition) is 6. The van der Waals surface area contributed by atoms with Gasteiger partial charge in [0.05, 0.1) is 44.8 Å². The molecule has 50 heavy (non-hydrogen) atoms. The van der Waals surface area contributed by atoms with E-state index in [0.29, 0.717) is 0 Å². The Morgan fingerprint density at radius 3 is 1.30 bits per heavy atom. The van der Waals surface area contributed by atoms with Crippen molar-refractivity contribution in [2.24, 2.45) is 0 Å². The van der Waals surface area contributed by atoms with Crippen molar-refractivity contribution in [3.63, 3.8) is 0 Å². The van der Waals surface area contributed by atoms with Gasteiger partial charge in [-0.15, -0.1) is 0 Å². The van der Waals surface area contributed by atoms with E-state index in [1.807, 2.05) is 36.4 Å². The van der Waals surface area contributed by atoms with Gasteiger partial charge in [-0.3, -0.25) is 0 Å². The molecule has 6 nitrogen and oxygen atoms in total. The monoisotopic (exact) mass is 638 g/mol. The number of nitrogens with zero attached hydrogens (tertiary/aromatic N) is 5. The number of hydrogen-bond donors (Lipinski definition) is 1. The first-order valence-corrected chi connectivity index (χ1v) is 16.7. The van der Waals surface area contributed by atoms with E-state index in [1.54, 1.807) is 0 Å². The fourth-order valence-electron chi connectivity index (χ4n) is 7.64. The molecule has 0 atom stereocenters. The molecule has 0 fully saturated rings. The first-order chi connectivity index (χ1) is 24.8. The van der Waals surface area contributed by atoms with Gasteiger partial charge in [0.2, 0.25) is 0 Å². The molecule has 0 radical (unpaired) electrons. The third kappa shape index (κ3) is 3.96. The number of fused-ring (bicyclic) bond motifs is 8. The van der Waals surface area contributed by atoms with E-state index in [2.05, 4.69) is 125 Å². The van der Waals surface area contributed by atoms with E-state index in [4.69, 9.17) is 19.9 Å². The smallest absolute Gasteiger partial charge is 0.0979 e. The van der Waals surface area contributed by atoms with Crippen molar-refractivity contribution in [1.82, 2.24) is 19.9 Å². The van der Waals surface area contributed by atoms with Crippen LogP contribution < -0.4 is 10.2 Å². The highest BCUT2D eigenvalue weighted by molar-refractivity contribution is 6.25. The van der Waals surface area contributed by atoms with E-state index in [0.717, 1.165) is 95.5 Å². The zero-order valence-electron chi connectivity index (χ0n) is 26.7. The lowest BCUT2D eigenvalue weighted by atomic mass is 9.99. The molecular formula is C44H26N6. The van der Waals surface area contributed by atoms with Gasteiger partial charge in [-0.1, -0.05) is 78.9 Å². The highest BCUT2D eigenvalue weighted by Crippen LogP contribution is 2.54. The van der Waals surface area contributed by atoms with Crippen LogP contribution in [0.3, 0.4) is 0 Å². The Labute approximate surface area is 287 Å². The Morgan fingerprint density at radius 1 is 0.340 bits per heavy atom. The Kier molecular flexibility index (Phi) is 5.57. The molecule has 0 unspecified atom stereocenters. The Hall–Kier alpha value is -6.92. The van der Waals surface area contributed by atoms with Crippen LogP contribution in [0.15, 0.2) is 152 Å². The van der Waals surface area contributed by atoms with Crippen LogP contribution in [0.5, 0.6) is 0 Å². The van der Waals surface area contributed by atoms with Crippen LogP contribution >= 0.6 is 0 Å². The number of benzene rings is 7. The van der Waals surface area contributed by atoms with E-state index in [9.17, 15) is 0 Å². The number of aromatic nitrogens is 4. The summed E-state index contributed by atoms with van der Waals surface area (Å²) in [6, 6.07) is 52.4. The largest absolute Gasteiger partial charge is 0.355 e. The molecule has 2 aliphatic carbocycles. The number of para-hydroxylation sites is 3. The standard InChI is InChI=1S/C44H26N6/c1-4-10-26(11-5-1)45-27-16-22-35-37(24-27)48-43-33-20-18-32-40-34(21-19-31(39(33)40)41(43)46-35)44-42(32)47-36-23-17-30(25-38(36)49-44)50(28-12-6-2-7-13-28)29-14-8-3-9-15-29/h1-25,45H. The normalized spacial score (nSPS) is 12.0. The van der Waals surface area contributed by atoms with Crippen molar-refractivity contribution >= 4 is 61.3 Å². The summed E-state index contributed by atoms with van der Waals surface area (Å²) >= 11 is 0. The summed E-state index contributed by atoms with van der Waals surface area (Å²) in [5.41, 5.74) is 16.8. The molecule has 7 aromatic carbocycles. The molecule has 2 heterocycles. The fraction of sp³-hybridized carbons (Fsp3) is 0. The van der Waals surface area contributed by atoms with Crippen molar-refractivity contribution in [3.05, 3.63) is 152 Å². The van der Waals surface area contributed by atoms with E-state index >= 15 is 0 Å². The van der Waals surface area contributed by atoms with E-state index < -0.39 is 0 Å². The van der Waals surface area contributed by atoms with Crippen LogP contribution in [0.1, 0.15) is 0 Å². The van der Waals surface area contributed by atoms with Gasteiger partial charge in [-0.2, -0.15) is 0 Å². The van der Waals surface area contributed by atoms with Crippen LogP contribution in [0.25, 0.3) is 77.9 Å². The molecule has 0 spiro atoms. The molecule has 6 heteroatoms. The number of nitrogens with one attached hydrogen (secondary N) is 1. The maximum absolute atomic E-state index is 5.32. The van der Waals surface area contributed by atoms with Crippen molar-refractivity contribution in [2.45, 2.75) is 0 Å². The fourth-order valence-corrected chi connectivity index (χ4v) is 7.64. The topological polar surface area (TPSA) is 66.8 Å². The Bertz CT molecular complexity index is 2800. The predicted octanol–water partition coefficient (Wildman–Crippen LogP) is 11.2. The van der Waals surface area contributed by atoms with Crippen LogP contribution in [-0.4, -0.2) is 19.9 Å². The molecule has 1 N–H and O–H groups in total. The molecule has 0 aliphatic heterocycles. The second kappa shape index (κ2) is 10.3. The van der Waals surface area contributed by atoms with Gasteiger partial charge in [0.1, 0.15) is 0 Å². The second-order valence-electron chi connectivity index (χ2n) is 12.8. The minimum atomic E-state index is 0.857. The Balaban J connectivity index is 1.04. The second-order valence-corrected chi connectivity index (χ2v) is 12.8. The summed E-state index contributed by atoms with van der Waals surface area (Å²) in [7, 11) is 0. The molecule has 2 aliphatic rings. The number of rotatable bonds is 5. The molecule has 11 rings (SSSR count). The summed E-state index contributed by atoms with van der Waals surface area (Å²) in [5, 5.41) is 5.84. The lowest BCUT2D eigenvalue weighted by Gasteiger charge is -2.25. The first-order valence-electron chi connectivity index (χ1n) is 16.7. The van der Waals surface area contributed by atoms with Crippen molar-refractivity contribution in [2.75, 3.05) is 10.2 Å². The molecule has 0 bridgehead atoms. The zero-order chi connectivity index (χ0) is 32.8. The molecule has 0 saturated heterocycles. The van der Waals surface area contributed by atoms with Gasteiger partial charge >= 0.3 is 0 Å². The van der Waals surface area contributed by atoms with Crippen LogP contribution in [0.4, 0.5) is 28.4 Å². The maximum atomic E-state index is 5.32. The van der Waals surface area contributed by atoms with Gasteiger partial charge in [0.15, 0.2) is 0 Å². The SMILES string of the molecule is c1ccc(Nc2ccc3nc4c(nc3c2)-c2ccc3c5c(ccc-4c25)-c2nc4cc(N(c5ccccc5)c5ccccc5)ccc4nc2-3)cc1. The van der Waals surface area contributed by atoms with Crippen LogP contribution in [0.2, 0.25) is 0 Å². The molecule has 0 saturated carbocycles. The van der Waals surface area contributed by atoms with Gasteiger partial charge in [-0.05, 0) is 72.8 Å². The predicted molar refractivity (Wildman–Crippen MR) is 203 cm³/mol. The van der Waals surface area contributed by atoms with E-state index in [-0.39, 0.29) is 0 Å². The minimum Gasteiger partial charge on any atom is -0.355 e. The maximum Gasteiger partial charge on any atom is 0.0979 e. The minimum absolute atomic E-state index is 0.857. The average Bonchev–Trinajstić information content (AvgIpc) is 3.65. The third-order valence-electron chi connectivity index (χ3n) is 9.84. The zero-order valence-corrected chi connectivity index (χ0v) is 26.7. The molecule has 232 valence electrons. The van der Waals surface area contributed by atoms with Gasteiger partial charge in [0.25, 0.3) is 0 Å². The average molecular weight is 639 g/mol. The first kappa shape index (κ1) is 27.1. The Morgan fingerprint density at radius 2 is 0.780 bits per heavy atom. The summed E-state index contributed by atoms with van der Waals surface area (Å²) in [6.07, 6.45) is 0. The summed E-state index contributed by atoms with van der Waals surface area (Å²) < 4.78 is 0. The quantitative estimate of drug-likeness (QED) is 0.202. The van der Waals surface area contributed by atoms with Crippen molar-refractivity contribution in [3.8, 4) is 45.0 Å². The van der Waals surface area contributed by atoms with E-state index in [1.165, 1.54) is 10.8 Å². The lowest BCUT2D eigenvalue weighted by molar-refractivity contribution is 1.27. The third-order valence-corrected chi connectivity index (χ3v) is 9.84. The lowest BCUT2D eigenvalue weighted by Crippen LogP contribution is -2.09. The highest BCUT2D eigenvalue weighted by atomic mass is 15.1. The van der Waals surface area contributed by atoms with Crippen LogP contribution in [0, 0.1) is 0 Å². The van der Waals surface area contributed by atoms with Crippen LogP contribution in [-0.2, 0) is 0 Å². The highest BCUT2D eigenvalue weighted by Gasteiger charge is 2.33. The summed E-state index contributed by atoms with van der Waals surface area (Å²) in [6.45, 7) is 0. The van der Waals surface area contributed by atoms with Crippen molar-refractivity contribution in [1.29, 1.82) is 0 Å². The van der Waals surface area contributed by atoms with Gasteiger partial charge in [-0.25, -0.2) is 19.9 Å². The van der Waals surface area contributed by atoms with Crippen molar-refractivity contribution < 1.29 is 0 Å².